The van der Waals surface area contributed by atoms with E-state index in [-0.39, 0.29) is 12.1 Å². The summed E-state index contributed by atoms with van der Waals surface area (Å²) in [5, 5.41) is 0. The fraction of sp³-hybridized carbons (Fsp3) is 0.333. The number of nitrogen functional groups attached to an aromatic ring is 2. The number of benzene rings is 2. The summed E-state index contributed by atoms with van der Waals surface area (Å²) in [6.45, 7) is 0. The Morgan fingerprint density at radius 1 is 0.562 bits per heavy atom. The van der Waals surface area contributed by atoms with Gasteiger partial charge >= 0.3 is 24.7 Å². The first kappa shape index (κ1) is 25.5. The fourth-order valence-electron chi connectivity index (χ4n) is 3.55. The topological polar surface area (TPSA) is 52.0 Å². The second-order valence-corrected chi connectivity index (χ2v) is 6.73. The van der Waals surface area contributed by atoms with Crippen molar-refractivity contribution in [1.82, 2.24) is 0 Å². The molecule has 2 rings (SSSR count). The number of alkyl halides is 12. The van der Waals surface area contributed by atoms with E-state index in [0.717, 1.165) is 0 Å². The molecule has 0 spiro atoms. The lowest BCUT2D eigenvalue weighted by atomic mass is 9.66. The van der Waals surface area contributed by atoms with Gasteiger partial charge in [0.15, 0.2) is 0 Å². The molecule has 0 atom stereocenters. The van der Waals surface area contributed by atoms with Crippen LogP contribution in [-0.4, -0.2) is 12.4 Å². The van der Waals surface area contributed by atoms with Crippen LogP contribution in [0.15, 0.2) is 36.4 Å². The zero-order valence-electron chi connectivity index (χ0n) is 15.4. The molecule has 32 heavy (non-hydrogen) atoms. The van der Waals surface area contributed by atoms with Crippen LogP contribution in [0.2, 0.25) is 0 Å². The molecule has 178 valence electrons. The van der Waals surface area contributed by atoms with E-state index in [1.165, 1.54) is 0 Å². The van der Waals surface area contributed by atoms with E-state index in [1.807, 2.05) is 0 Å². The normalized spacial score (nSPS) is 14.0. The largest absolute Gasteiger partial charge is 0.416 e. The van der Waals surface area contributed by atoms with E-state index in [4.69, 9.17) is 11.5 Å². The minimum Gasteiger partial charge on any atom is -0.398 e. The first-order valence-electron chi connectivity index (χ1n) is 8.29. The summed E-state index contributed by atoms with van der Waals surface area (Å²) in [6.07, 6.45) is -26.8. The van der Waals surface area contributed by atoms with Crippen LogP contribution in [0.1, 0.15) is 28.7 Å². The molecule has 0 fully saturated rings. The first-order valence-corrected chi connectivity index (χ1v) is 8.29. The molecule has 2 aromatic rings. The molecule has 0 radical (unpaired) electrons. The monoisotopic (exact) mass is 484 g/mol. The third kappa shape index (κ3) is 4.53. The van der Waals surface area contributed by atoms with Gasteiger partial charge in [0.1, 0.15) is 5.41 Å². The molecule has 0 unspecified atom stereocenters. The van der Waals surface area contributed by atoms with Gasteiger partial charge in [0.2, 0.25) is 0 Å². The summed E-state index contributed by atoms with van der Waals surface area (Å²) in [6, 6.07) is 1.86. The van der Waals surface area contributed by atoms with Gasteiger partial charge in [0.05, 0.1) is 17.5 Å². The quantitative estimate of drug-likeness (QED) is 0.377. The van der Waals surface area contributed by atoms with Crippen LogP contribution in [-0.2, 0) is 17.8 Å². The Balaban J connectivity index is 3.28. The lowest BCUT2D eigenvalue weighted by Gasteiger charge is -2.41. The fourth-order valence-corrected chi connectivity index (χ4v) is 3.55. The van der Waals surface area contributed by atoms with E-state index < -0.39 is 70.2 Å². The lowest BCUT2D eigenvalue weighted by molar-refractivity contribution is -0.225. The van der Waals surface area contributed by atoms with E-state index in [0.29, 0.717) is 24.3 Å². The summed E-state index contributed by atoms with van der Waals surface area (Å²) in [7, 11) is 0. The average Bonchev–Trinajstić information content (AvgIpc) is 2.56. The molecule has 4 N–H and O–H groups in total. The molecule has 2 nitrogen and oxygen atoms in total. The van der Waals surface area contributed by atoms with Crippen molar-refractivity contribution in [3.8, 4) is 0 Å². The Morgan fingerprint density at radius 2 is 0.906 bits per heavy atom. The number of rotatable bonds is 3. The highest BCUT2D eigenvalue weighted by Gasteiger charge is 2.66. The molecule has 0 heterocycles. The van der Waals surface area contributed by atoms with Crippen molar-refractivity contribution in [2.45, 2.75) is 36.5 Å². The summed E-state index contributed by atoms with van der Waals surface area (Å²) in [5.41, 5.74) is -6.28. The van der Waals surface area contributed by atoms with Gasteiger partial charge in [-0.2, -0.15) is 52.7 Å². The van der Waals surface area contributed by atoms with Crippen LogP contribution in [0.5, 0.6) is 0 Å². The maximum absolute atomic E-state index is 14.4. The molecule has 14 heteroatoms. The van der Waals surface area contributed by atoms with Gasteiger partial charge in [-0.1, -0.05) is 12.1 Å². The number of hydrogen-bond donors (Lipinski definition) is 2. The van der Waals surface area contributed by atoms with Crippen molar-refractivity contribution < 1.29 is 52.7 Å². The van der Waals surface area contributed by atoms with E-state index >= 15 is 0 Å². The lowest BCUT2D eigenvalue weighted by Crippen LogP contribution is -2.49. The van der Waals surface area contributed by atoms with E-state index in [2.05, 4.69) is 0 Å². The Morgan fingerprint density at radius 3 is 1.16 bits per heavy atom. The van der Waals surface area contributed by atoms with Gasteiger partial charge in [-0.05, 0) is 24.3 Å². The summed E-state index contributed by atoms with van der Waals surface area (Å²) in [4.78, 5) is 0. The van der Waals surface area contributed by atoms with Crippen molar-refractivity contribution in [3.05, 3.63) is 58.7 Å². The highest BCUT2D eigenvalue weighted by molar-refractivity contribution is 5.67. The third-order valence-electron chi connectivity index (χ3n) is 4.61. The molecule has 0 saturated heterocycles. The Hall–Kier alpha value is -2.80. The van der Waals surface area contributed by atoms with Crippen LogP contribution in [0, 0.1) is 0 Å². The van der Waals surface area contributed by atoms with Gasteiger partial charge in [-0.25, -0.2) is 0 Å². The molecule has 0 aliphatic rings. The van der Waals surface area contributed by atoms with Gasteiger partial charge in [0, 0.05) is 22.5 Å². The van der Waals surface area contributed by atoms with Gasteiger partial charge < -0.3 is 11.5 Å². The Bertz CT molecular complexity index is 920. The van der Waals surface area contributed by atoms with Gasteiger partial charge in [-0.15, -0.1) is 0 Å². The van der Waals surface area contributed by atoms with E-state index in [9.17, 15) is 52.7 Å². The molecule has 2 aromatic carbocycles. The predicted octanol–water partition coefficient (Wildman–Crippen LogP) is 6.69. The van der Waals surface area contributed by atoms with Crippen LogP contribution in [0.25, 0.3) is 0 Å². The zero-order valence-corrected chi connectivity index (χ0v) is 15.4. The molecule has 0 bridgehead atoms. The second-order valence-electron chi connectivity index (χ2n) is 6.73. The minimum atomic E-state index is -6.35. The highest BCUT2D eigenvalue weighted by atomic mass is 19.4. The second kappa shape index (κ2) is 7.66. The van der Waals surface area contributed by atoms with Crippen LogP contribution in [0.3, 0.4) is 0 Å². The molecular formula is C18H12F12N2. The SMILES string of the molecule is Nc1cccc(C(F)(F)F)c1C(CC(F)(F)F)(c1c(N)cccc1C(F)(F)F)C(F)(F)F. The molecule has 0 saturated carbocycles. The Labute approximate surface area is 171 Å². The van der Waals surface area contributed by atoms with Crippen LogP contribution >= 0.6 is 0 Å². The highest BCUT2D eigenvalue weighted by Crippen LogP contribution is 2.59. The summed E-state index contributed by atoms with van der Waals surface area (Å²) >= 11 is 0. The summed E-state index contributed by atoms with van der Waals surface area (Å²) in [5.74, 6) is 0. The maximum atomic E-state index is 14.4. The summed E-state index contributed by atoms with van der Waals surface area (Å²) < 4.78 is 165. The number of nitrogens with two attached hydrogens (primary N) is 2. The number of halogens is 12. The molecule has 0 aliphatic carbocycles. The molecular weight excluding hydrogens is 472 g/mol. The third-order valence-corrected chi connectivity index (χ3v) is 4.61. The van der Waals surface area contributed by atoms with Crippen LogP contribution in [0.4, 0.5) is 64.1 Å². The zero-order chi connectivity index (χ0) is 24.9. The minimum absolute atomic E-state index is 0.00501. The standard InChI is InChI=1S/C18H12F12N2/c19-15(20,21)7-14(18(28,29)30,12-8(16(22,23)24)3-1-5-10(12)31)13-9(17(25,26)27)4-2-6-11(13)32/h1-6H,7,31-32H2. The maximum Gasteiger partial charge on any atom is 0.416 e. The van der Waals surface area contributed by atoms with Crippen molar-refractivity contribution >= 4 is 11.4 Å². The van der Waals surface area contributed by atoms with Crippen molar-refractivity contribution in [3.63, 3.8) is 0 Å². The van der Waals surface area contributed by atoms with Gasteiger partial charge in [-0.3, -0.25) is 0 Å². The smallest absolute Gasteiger partial charge is 0.398 e. The van der Waals surface area contributed by atoms with Crippen LogP contribution < -0.4 is 11.5 Å². The molecule has 0 amide bonds. The van der Waals surface area contributed by atoms with Crippen molar-refractivity contribution in [1.29, 1.82) is 0 Å². The number of hydrogen-bond acceptors (Lipinski definition) is 2. The van der Waals surface area contributed by atoms with Gasteiger partial charge in [0.25, 0.3) is 0 Å². The van der Waals surface area contributed by atoms with E-state index in [1.54, 1.807) is 0 Å². The number of anilines is 2. The first-order chi connectivity index (χ1) is 14.2. The van der Waals surface area contributed by atoms with Crippen molar-refractivity contribution in [2.24, 2.45) is 0 Å². The molecule has 0 aromatic heterocycles. The Kier molecular flexibility index (Phi) is 6.09. The van der Waals surface area contributed by atoms with Crippen molar-refractivity contribution in [2.75, 3.05) is 11.5 Å². The average molecular weight is 484 g/mol. The predicted molar refractivity (Wildman–Crippen MR) is 89.2 cm³/mol. The molecule has 0 aliphatic heterocycles.